The molecule has 5 nitrogen and oxygen atoms in total. The van der Waals surface area contributed by atoms with Crippen molar-refractivity contribution < 1.29 is 19.8 Å². The van der Waals surface area contributed by atoms with Gasteiger partial charge in [0, 0.05) is 32.0 Å². The molecule has 0 amide bonds. The number of ketones is 1. The maximum atomic E-state index is 11.5. The van der Waals surface area contributed by atoms with E-state index in [-0.39, 0.29) is 11.8 Å². The molecular formula is C14H23NO4. The van der Waals surface area contributed by atoms with Crippen molar-refractivity contribution in [2.24, 2.45) is 11.8 Å². The molecule has 0 aromatic rings. The van der Waals surface area contributed by atoms with Crippen molar-refractivity contribution >= 4 is 11.8 Å². The summed E-state index contributed by atoms with van der Waals surface area (Å²) in [6.07, 6.45) is 2.75. The minimum Gasteiger partial charge on any atom is -0.481 e. The normalized spacial score (nSPS) is 37.3. The van der Waals surface area contributed by atoms with E-state index < -0.39 is 11.6 Å². The largest absolute Gasteiger partial charge is 0.481 e. The Labute approximate surface area is 113 Å². The molecule has 1 saturated carbocycles. The summed E-state index contributed by atoms with van der Waals surface area (Å²) >= 11 is 0. The molecule has 2 fully saturated rings. The summed E-state index contributed by atoms with van der Waals surface area (Å²) in [4.78, 5) is 24.5. The van der Waals surface area contributed by atoms with Crippen LogP contribution in [0.3, 0.4) is 0 Å². The van der Waals surface area contributed by atoms with Crippen LogP contribution in [0.5, 0.6) is 0 Å². The van der Waals surface area contributed by atoms with E-state index in [1.165, 1.54) is 0 Å². The zero-order chi connectivity index (χ0) is 14.0. The molecule has 1 unspecified atom stereocenters. The predicted molar refractivity (Wildman–Crippen MR) is 69.8 cm³/mol. The summed E-state index contributed by atoms with van der Waals surface area (Å²) in [6, 6.07) is 0. The van der Waals surface area contributed by atoms with Crippen LogP contribution in [0.4, 0.5) is 0 Å². The maximum absolute atomic E-state index is 11.5. The van der Waals surface area contributed by atoms with Gasteiger partial charge < -0.3 is 10.2 Å². The fraction of sp³-hybridized carbons (Fsp3) is 0.857. The first-order valence-corrected chi connectivity index (χ1v) is 7.10. The number of aliphatic hydroxyl groups is 1. The molecule has 108 valence electrons. The molecular weight excluding hydrogens is 246 g/mol. The van der Waals surface area contributed by atoms with E-state index in [1.807, 2.05) is 6.92 Å². The Balaban J connectivity index is 1.86. The Kier molecular flexibility index (Phi) is 4.26. The summed E-state index contributed by atoms with van der Waals surface area (Å²) in [5.74, 6) is -0.702. The molecule has 0 spiro atoms. The van der Waals surface area contributed by atoms with Gasteiger partial charge in [0.05, 0.1) is 11.5 Å². The Morgan fingerprint density at radius 3 is 2.58 bits per heavy atom. The van der Waals surface area contributed by atoms with Crippen molar-refractivity contribution in [1.82, 2.24) is 4.90 Å². The summed E-state index contributed by atoms with van der Waals surface area (Å²) in [5, 5.41) is 19.5. The second kappa shape index (κ2) is 5.59. The smallest absolute Gasteiger partial charge is 0.306 e. The first kappa shape index (κ1) is 14.5. The minimum atomic E-state index is -0.772. The summed E-state index contributed by atoms with van der Waals surface area (Å²) in [5.41, 5.74) is -0.772. The number of aliphatic carboxylic acids is 1. The van der Waals surface area contributed by atoms with Crippen LogP contribution >= 0.6 is 0 Å². The van der Waals surface area contributed by atoms with Gasteiger partial charge in [0.25, 0.3) is 0 Å². The molecule has 0 aromatic heterocycles. The lowest BCUT2D eigenvalue weighted by Gasteiger charge is -2.40. The summed E-state index contributed by atoms with van der Waals surface area (Å²) < 4.78 is 0. The van der Waals surface area contributed by atoms with Gasteiger partial charge in [0.2, 0.25) is 0 Å². The molecule has 5 heteroatoms. The SMILES string of the molecule is CC1CN(CC2(O)CCC(C(=O)O)CC2)CCC1=O. The Hall–Kier alpha value is -0.940. The van der Waals surface area contributed by atoms with Crippen LogP contribution < -0.4 is 0 Å². The van der Waals surface area contributed by atoms with Gasteiger partial charge in [-0.15, -0.1) is 0 Å². The van der Waals surface area contributed by atoms with Gasteiger partial charge >= 0.3 is 5.97 Å². The zero-order valence-electron chi connectivity index (χ0n) is 11.5. The van der Waals surface area contributed by atoms with Crippen molar-refractivity contribution in [3.8, 4) is 0 Å². The third-order valence-corrected chi connectivity index (χ3v) is 4.54. The highest BCUT2D eigenvalue weighted by molar-refractivity contribution is 5.81. The van der Waals surface area contributed by atoms with Crippen LogP contribution in [0.1, 0.15) is 39.0 Å². The number of hydrogen-bond acceptors (Lipinski definition) is 4. The van der Waals surface area contributed by atoms with Crippen molar-refractivity contribution in [2.75, 3.05) is 19.6 Å². The van der Waals surface area contributed by atoms with Gasteiger partial charge in [0.15, 0.2) is 0 Å². The van der Waals surface area contributed by atoms with Crippen molar-refractivity contribution in [3.63, 3.8) is 0 Å². The summed E-state index contributed by atoms with van der Waals surface area (Å²) in [7, 11) is 0. The van der Waals surface area contributed by atoms with E-state index in [1.54, 1.807) is 0 Å². The average molecular weight is 269 g/mol. The fourth-order valence-electron chi connectivity index (χ4n) is 3.22. The molecule has 0 radical (unpaired) electrons. The number of likely N-dealkylation sites (tertiary alicyclic amines) is 1. The molecule has 2 N–H and O–H groups in total. The molecule has 2 rings (SSSR count). The Morgan fingerprint density at radius 1 is 1.42 bits per heavy atom. The first-order valence-electron chi connectivity index (χ1n) is 7.10. The standard InChI is InChI=1S/C14H23NO4/c1-10-8-15(7-4-12(10)16)9-14(19)5-2-11(3-6-14)13(17)18/h10-11,19H,2-9H2,1H3,(H,17,18). The highest BCUT2D eigenvalue weighted by Gasteiger charge is 2.38. The number of carbonyl (C=O) groups is 2. The molecule has 1 aliphatic heterocycles. The molecule has 0 aromatic carbocycles. The average Bonchev–Trinajstić information content (AvgIpc) is 2.34. The van der Waals surface area contributed by atoms with Crippen molar-refractivity contribution in [2.45, 2.75) is 44.6 Å². The number of hydrogen-bond donors (Lipinski definition) is 2. The zero-order valence-corrected chi connectivity index (χ0v) is 11.5. The number of Topliss-reactive ketones (excluding diaryl/α,β-unsaturated/α-hetero) is 1. The number of carboxylic acid groups (broad SMARTS) is 1. The Morgan fingerprint density at radius 2 is 2.05 bits per heavy atom. The van der Waals surface area contributed by atoms with E-state index in [0.717, 1.165) is 0 Å². The first-order chi connectivity index (χ1) is 8.89. The molecule has 1 heterocycles. The van der Waals surface area contributed by atoms with E-state index in [2.05, 4.69) is 4.90 Å². The van der Waals surface area contributed by atoms with E-state index >= 15 is 0 Å². The molecule has 0 bridgehead atoms. The topological polar surface area (TPSA) is 77.8 Å². The number of carboxylic acids is 1. The van der Waals surface area contributed by atoms with Crippen LogP contribution in [0.15, 0.2) is 0 Å². The highest BCUT2D eigenvalue weighted by atomic mass is 16.4. The molecule has 19 heavy (non-hydrogen) atoms. The van der Waals surface area contributed by atoms with Crippen LogP contribution in [0.25, 0.3) is 0 Å². The lowest BCUT2D eigenvalue weighted by molar-refractivity contribution is -0.145. The Bertz CT molecular complexity index is 360. The van der Waals surface area contributed by atoms with Gasteiger partial charge in [0.1, 0.15) is 5.78 Å². The van der Waals surface area contributed by atoms with Crippen LogP contribution in [0.2, 0.25) is 0 Å². The van der Waals surface area contributed by atoms with Crippen molar-refractivity contribution in [3.05, 3.63) is 0 Å². The van der Waals surface area contributed by atoms with Gasteiger partial charge in [-0.1, -0.05) is 6.92 Å². The van der Waals surface area contributed by atoms with E-state index in [9.17, 15) is 14.7 Å². The highest BCUT2D eigenvalue weighted by Crippen LogP contribution is 2.33. The molecule has 1 saturated heterocycles. The molecule has 1 aliphatic carbocycles. The number of nitrogens with zero attached hydrogens (tertiary/aromatic N) is 1. The minimum absolute atomic E-state index is 0.0488. The quantitative estimate of drug-likeness (QED) is 0.796. The fourth-order valence-corrected chi connectivity index (χ4v) is 3.22. The number of piperidine rings is 1. The van der Waals surface area contributed by atoms with Gasteiger partial charge in [-0.25, -0.2) is 0 Å². The number of carbonyl (C=O) groups excluding carboxylic acids is 1. The molecule has 2 aliphatic rings. The monoisotopic (exact) mass is 269 g/mol. The van der Waals surface area contributed by atoms with Crippen molar-refractivity contribution in [1.29, 1.82) is 0 Å². The van der Waals surface area contributed by atoms with Gasteiger partial charge in [-0.2, -0.15) is 0 Å². The lowest BCUT2D eigenvalue weighted by atomic mass is 9.78. The van der Waals surface area contributed by atoms with Crippen LogP contribution in [0, 0.1) is 11.8 Å². The van der Waals surface area contributed by atoms with Crippen LogP contribution in [-0.4, -0.2) is 52.1 Å². The number of rotatable bonds is 3. The second-order valence-corrected chi connectivity index (χ2v) is 6.19. The third-order valence-electron chi connectivity index (χ3n) is 4.54. The lowest BCUT2D eigenvalue weighted by Crippen LogP contribution is -2.50. The van der Waals surface area contributed by atoms with Gasteiger partial charge in [-0.3, -0.25) is 14.5 Å². The third kappa shape index (κ3) is 3.54. The summed E-state index contributed by atoms with van der Waals surface area (Å²) in [6.45, 7) is 3.92. The van der Waals surface area contributed by atoms with E-state index in [0.29, 0.717) is 57.5 Å². The number of β-amino-alcohol motifs (C(OH)–C–C–N with tert-alkyl or cyclic N) is 1. The van der Waals surface area contributed by atoms with Crippen LogP contribution in [-0.2, 0) is 9.59 Å². The maximum Gasteiger partial charge on any atom is 0.306 e. The van der Waals surface area contributed by atoms with E-state index in [4.69, 9.17) is 5.11 Å². The second-order valence-electron chi connectivity index (χ2n) is 6.19. The predicted octanol–water partition coefficient (Wildman–Crippen LogP) is 0.903. The molecule has 1 atom stereocenters. The van der Waals surface area contributed by atoms with Gasteiger partial charge in [-0.05, 0) is 25.7 Å².